The summed E-state index contributed by atoms with van der Waals surface area (Å²) in [4.78, 5) is 22.3. The lowest BCUT2D eigenvalue weighted by atomic mass is 10.1. The van der Waals surface area contributed by atoms with E-state index in [0.717, 1.165) is 28.2 Å². The van der Waals surface area contributed by atoms with E-state index in [1.807, 2.05) is 43.1 Å². The number of nitrogens with zero attached hydrogens (tertiary/aromatic N) is 4. The fraction of sp³-hybridized carbons (Fsp3) is 0.353. The number of nitrogens with one attached hydrogen (secondary N) is 1. The van der Waals surface area contributed by atoms with E-state index in [4.69, 9.17) is 4.74 Å². The van der Waals surface area contributed by atoms with Gasteiger partial charge in [-0.2, -0.15) is 5.10 Å². The lowest BCUT2D eigenvalue weighted by Crippen LogP contribution is -2.40. The summed E-state index contributed by atoms with van der Waals surface area (Å²) in [5.41, 5.74) is 4.21. The highest BCUT2D eigenvalue weighted by Crippen LogP contribution is 2.22. The Bertz CT molecular complexity index is 905. The molecule has 0 unspecified atom stereocenters. The second-order valence-electron chi connectivity index (χ2n) is 6.02. The Morgan fingerprint density at radius 1 is 1.25 bits per heavy atom. The van der Waals surface area contributed by atoms with Crippen molar-refractivity contribution in [2.24, 2.45) is 7.05 Å². The van der Waals surface area contributed by atoms with Crippen molar-refractivity contribution < 1.29 is 9.53 Å². The third-order valence-electron chi connectivity index (χ3n) is 4.27. The molecule has 1 saturated heterocycles. The number of benzene rings is 1. The number of carbonyl (C=O) groups excluding carboxylic acids is 1. The fourth-order valence-corrected chi connectivity index (χ4v) is 3.05. The first-order valence-corrected chi connectivity index (χ1v) is 7.99. The number of aromatic amines is 1. The molecular weight excluding hydrogens is 306 g/mol. The van der Waals surface area contributed by atoms with Crippen LogP contribution in [0.4, 0.5) is 0 Å². The number of H-pyrrole nitrogens is 1. The minimum Gasteiger partial charge on any atom is -0.378 e. The molecule has 7 heteroatoms. The zero-order valence-corrected chi connectivity index (χ0v) is 13.7. The molecule has 124 valence electrons. The summed E-state index contributed by atoms with van der Waals surface area (Å²) in [5, 5.41) is 4.35. The number of ether oxygens (including phenoxy) is 1. The van der Waals surface area contributed by atoms with Crippen molar-refractivity contribution in [3.8, 4) is 11.5 Å². The molecule has 1 fully saturated rings. The summed E-state index contributed by atoms with van der Waals surface area (Å²) in [5.74, 6) is 0.789. The lowest BCUT2D eigenvalue weighted by Gasteiger charge is -2.26. The molecule has 7 nitrogen and oxygen atoms in total. The molecule has 1 N–H and O–H groups in total. The van der Waals surface area contributed by atoms with Gasteiger partial charge in [0.25, 0.3) is 5.91 Å². The number of hydrogen-bond donors (Lipinski definition) is 1. The van der Waals surface area contributed by atoms with Crippen molar-refractivity contribution in [1.29, 1.82) is 0 Å². The average molecular weight is 325 g/mol. The van der Waals surface area contributed by atoms with Gasteiger partial charge in [-0.3, -0.25) is 9.48 Å². The van der Waals surface area contributed by atoms with Gasteiger partial charge in [0.05, 0.1) is 29.9 Å². The topological polar surface area (TPSA) is 76.0 Å². The predicted molar refractivity (Wildman–Crippen MR) is 89.8 cm³/mol. The van der Waals surface area contributed by atoms with E-state index in [2.05, 4.69) is 15.1 Å². The second kappa shape index (κ2) is 5.76. The van der Waals surface area contributed by atoms with Gasteiger partial charge in [-0.1, -0.05) is 0 Å². The van der Waals surface area contributed by atoms with E-state index < -0.39 is 0 Å². The van der Waals surface area contributed by atoms with Gasteiger partial charge in [-0.25, -0.2) is 4.98 Å². The van der Waals surface area contributed by atoms with Gasteiger partial charge in [0.15, 0.2) is 5.82 Å². The molecule has 1 amide bonds. The minimum absolute atomic E-state index is 0.0349. The van der Waals surface area contributed by atoms with Crippen molar-refractivity contribution in [3.05, 3.63) is 35.5 Å². The van der Waals surface area contributed by atoms with E-state index in [1.54, 1.807) is 4.68 Å². The standard InChI is InChI=1S/C17H19N5O2/c1-11-9-15(21(2)20-11)16-18-13-4-3-12(10-14(13)19-16)17(23)22-5-7-24-8-6-22/h3-4,9-10H,5-8H2,1-2H3,(H,18,19). The maximum Gasteiger partial charge on any atom is 0.254 e. The lowest BCUT2D eigenvalue weighted by molar-refractivity contribution is 0.0303. The van der Waals surface area contributed by atoms with Crippen molar-refractivity contribution >= 4 is 16.9 Å². The quantitative estimate of drug-likeness (QED) is 0.779. The van der Waals surface area contributed by atoms with Gasteiger partial charge in [0, 0.05) is 25.7 Å². The highest BCUT2D eigenvalue weighted by molar-refractivity contribution is 5.97. The predicted octanol–water partition coefficient (Wildman–Crippen LogP) is 1.74. The Balaban J connectivity index is 1.68. The summed E-state index contributed by atoms with van der Waals surface area (Å²) >= 11 is 0. The minimum atomic E-state index is 0.0349. The smallest absolute Gasteiger partial charge is 0.254 e. The highest BCUT2D eigenvalue weighted by Gasteiger charge is 2.19. The van der Waals surface area contributed by atoms with Crippen LogP contribution in [0.2, 0.25) is 0 Å². The molecule has 3 heterocycles. The summed E-state index contributed by atoms with van der Waals surface area (Å²) in [6.07, 6.45) is 0. The number of aromatic nitrogens is 4. The molecule has 1 aliphatic rings. The van der Waals surface area contributed by atoms with Crippen LogP contribution in [0.3, 0.4) is 0 Å². The summed E-state index contributed by atoms with van der Waals surface area (Å²) < 4.78 is 7.10. The zero-order valence-electron chi connectivity index (χ0n) is 13.7. The van der Waals surface area contributed by atoms with E-state index in [9.17, 15) is 4.79 Å². The number of amides is 1. The molecule has 0 bridgehead atoms. The van der Waals surface area contributed by atoms with E-state index in [1.165, 1.54) is 0 Å². The van der Waals surface area contributed by atoms with Gasteiger partial charge in [0.2, 0.25) is 0 Å². The van der Waals surface area contributed by atoms with E-state index >= 15 is 0 Å². The van der Waals surface area contributed by atoms with Crippen LogP contribution in [0.1, 0.15) is 16.1 Å². The third kappa shape index (κ3) is 2.56. The Morgan fingerprint density at radius 2 is 2.04 bits per heavy atom. The zero-order chi connectivity index (χ0) is 16.7. The van der Waals surface area contributed by atoms with E-state index in [-0.39, 0.29) is 5.91 Å². The van der Waals surface area contributed by atoms with Crippen LogP contribution in [0, 0.1) is 6.92 Å². The highest BCUT2D eigenvalue weighted by atomic mass is 16.5. The Morgan fingerprint density at radius 3 is 2.75 bits per heavy atom. The van der Waals surface area contributed by atoms with Crippen molar-refractivity contribution in [3.63, 3.8) is 0 Å². The Hall–Kier alpha value is -2.67. The molecule has 0 spiro atoms. The van der Waals surface area contributed by atoms with Crippen molar-refractivity contribution in [1.82, 2.24) is 24.6 Å². The summed E-state index contributed by atoms with van der Waals surface area (Å²) in [7, 11) is 1.89. The average Bonchev–Trinajstić information content (AvgIpc) is 3.16. The summed E-state index contributed by atoms with van der Waals surface area (Å²) in [6.45, 7) is 4.42. The molecule has 0 aliphatic carbocycles. The van der Waals surface area contributed by atoms with Gasteiger partial charge in [-0.05, 0) is 31.2 Å². The van der Waals surface area contributed by atoms with Crippen LogP contribution in [0.5, 0.6) is 0 Å². The second-order valence-corrected chi connectivity index (χ2v) is 6.02. The number of morpholine rings is 1. The number of carbonyl (C=O) groups is 1. The number of hydrogen-bond acceptors (Lipinski definition) is 4. The van der Waals surface area contributed by atoms with E-state index in [0.29, 0.717) is 31.9 Å². The van der Waals surface area contributed by atoms with Gasteiger partial charge in [0.1, 0.15) is 5.69 Å². The van der Waals surface area contributed by atoms with Gasteiger partial charge in [-0.15, -0.1) is 0 Å². The Kier molecular flexibility index (Phi) is 3.57. The summed E-state index contributed by atoms with van der Waals surface area (Å²) in [6, 6.07) is 7.57. The first-order valence-electron chi connectivity index (χ1n) is 7.99. The van der Waals surface area contributed by atoms with Crippen LogP contribution in [-0.2, 0) is 11.8 Å². The molecule has 0 saturated carbocycles. The number of imidazole rings is 1. The fourth-order valence-electron chi connectivity index (χ4n) is 3.05. The van der Waals surface area contributed by atoms with Gasteiger partial charge < -0.3 is 14.6 Å². The molecule has 0 radical (unpaired) electrons. The number of fused-ring (bicyclic) bond motifs is 1. The molecule has 1 aliphatic heterocycles. The number of aryl methyl sites for hydroxylation is 2. The van der Waals surface area contributed by atoms with Crippen LogP contribution < -0.4 is 0 Å². The normalized spacial score (nSPS) is 15.2. The van der Waals surface area contributed by atoms with Crippen molar-refractivity contribution in [2.75, 3.05) is 26.3 Å². The first-order chi connectivity index (χ1) is 11.6. The Labute approximate surface area is 139 Å². The van der Waals surface area contributed by atoms with Crippen LogP contribution in [0.15, 0.2) is 24.3 Å². The van der Waals surface area contributed by atoms with Crippen molar-refractivity contribution in [2.45, 2.75) is 6.92 Å². The van der Waals surface area contributed by atoms with Crippen LogP contribution >= 0.6 is 0 Å². The maximum absolute atomic E-state index is 12.6. The SMILES string of the molecule is Cc1cc(-c2nc3ccc(C(=O)N4CCOCC4)cc3[nH]2)n(C)n1. The molecule has 2 aromatic heterocycles. The largest absolute Gasteiger partial charge is 0.378 e. The molecular formula is C17H19N5O2. The molecule has 24 heavy (non-hydrogen) atoms. The van der Waals surface area contributed by atoms with Gasteiger partial charge >= 0.3 is 0 Å². The maximum atomic E-state index is 12.6. The first kappa shape index (κ1) is 14.9. The molecule has 0 atom stereocenters. The molecule has 3 aromatic rings. The third-order valence-corrected chi connectivity index (χ3v) is 4.27. The van der Waals surface area contributed by atoms with Crippen LogP contribution in [-0.4, -0.2) is 56.9 Å². The molecule has 1 aromatic carbocycles. The van der Waals surface area contributed by atoms with Crippen LogP contribution in [0.25, 0.3) is 22.6 Å². The monoisotopic (exact) mass is 325 g/mol. The molecule has 4 rings (SSSR count). The number of rotatable bonds is 2.